The summed E-state index contributed by atoms with van der Waals surface area (Å²) in [6.45, 7) is 17.9. The molecule has 0 unspecified atom stereocenters. The monoisotopic (exact) mass is 342 g/mol. The zero-order chi connectivity index (χ0) is 18.3. The Balaban J connectivity index is 2.61. The van der Waals surface area contributed by atoms with Crippen LogP contribution in [-0.4, -0.2) is 5.78 Å². The third kappa shape index (κ3) is 5.98. The van der Waals surface area contributed by atoms with E-state index in [0.29, 0.717) is 16.5 Å². The van der Waals surface area contributed by atoms with Crippen LogP contribution in [0.4, 0.5) is 0 Å². The highest BCUT2D eigenvalue weighted by Crippen LogP contribution is 2.25. The van der Waals surface area contributed by atoms with Gasteiger partial charge in [0.15, 0.2) is 5.78 Å². The molecular weight excluding hydrogens is 316 g/mol. The molecule has 0 aliphatic carbocycles. The van der Waals surface area contributed by atoms with Crippen LogP contribution in [0, 0.1) is 18.8 Å². The van der Waals surface area contributed by atoms with Crippen LogP contribution >= 0.6 is 11.6 Å². The van der Waals surface area contributed by atoms with Gasteiger partial charge in [-0.25, -0.2) is 0 Å². The lowest BCUT2D eigenvalue weighted by molar-refractivity contribution is 0.102. The Morgan fingerprint density at radius 1 is 1.08 bits per heavy atom. The minimum absolute atomic E-state index is 0.0467. The second-order valence-electron chi connectivity index (χ2n) is 6.40. The van der Waals surface area contributed by atoms with Crippen LogP contribution in [0.3, 0.4) is 0 Å². The van der Waals surface area contributed by atoms with E-state index in [1.54, 1.807) is 6.08 Å². The first-order chi connectivity index (χ1) is 11.2. The van der Waals surface area contributed by atoms with Gasteiger partial charge in [0.05, 0.1) is 0 Å². The Labute approximate surface area is 151 Å². The highest BCUT2D eigenvalue weighted by atomic mass is 35.5. The molecule has 1 aromatic carbocycles. The Kier molecular flexibility index (Phi) is 7.94. The van der Waals surface area contributed by atoms with Crippen LogP contribution in [0.1, 0.15) is 42.6 Å². The van der Waals surface area contributed by atoms with E-state index in [0.717, 1.165) is 29.5 Å². The first-order valence-electron chi connectivity index (χ1n) is 8.24. The Hall–Kier alpha value is -1.86. The molecule has 0 aliphatic heterocycles. The summed E-state index contributed by atoms with van der Waals surface area (Å²) in [5, 5.41) is 0.494. The average Bonchev–Trinajstić information content (AvgIpc) is 2.56. The normalized spacial score (nSPS) is 13.5. The lowest BCUT2D eigenvalue weighted by Gasteiger charge is -2.18. The zero-order valence-electron chi connectivity index (χ0n) is 14.9. The highest BCUT2D eigenvalue weighted by Gasteiger charge is 2.18. The summed E-state index contributed by atoms with van der Waals surface area (Å²) >= 11 is 5.73. The molecule has 0 saturated heterocycles. The summed E-state index contributed by atoms with van der Waals surface area (Å²) in [7, 11) is 0. The van der Waals surface area contributed by atoms with Crippen molar-refractivity contribution in [3.05, 3.63) is 83.5 Å². The molecule has 0 bridgehead atoms. The quantitative estimate of drug-likeness (QED) is 0.279. The lowest BCUT2D eigenvalue weighted by atomic mass is 9.86. The van der Waals surface area contributed by atoms with Crippen LogP contribution in [0.2, 0.25) is 0 Å². The largest absolute Gasteiger partial charge is 0.289 e. The van der Waals surface area contributed by atoms with Crippen LogP contribution in [0.25, 0.3) is 0 Å². The van der Waals surface area contributed by atoms with Gasteiger partial charge in [0.2, 0.25) is 0 Å². The number of carbonyl (C=O) groups is 1. The summed E-state index contributed by atoms with van der Waals surface area (Å²) in [6, 6.07) is 7.65. The third-order valence-corrected chi connectivity index (χ3v) is 4.55. The SMILES string of the molecule is C=C(Cl)/C=C\C(=C)[C@@H](C)CC[C@H](C)C(=C)C(=O)c1ccccc1C. The molecule has 0 aromatic heterocycles. The fourth-order valence-electron chi connectivity index (χ4n) is 2.45. The first-order valence-corrected chi connectivity index (χ1v) is 8.62. The molecule has 128 valence electrons. The van der Waals surface area contributed by atoms with Crippen molar-refractivity contribution in [2.45, 2.75) is 33.6 Å². The van der Waals surface area contributed by atoms with Crippen molar-refractivity contribution in [2.24, 2.45) is 11.8 Å². The third-order valence-electron chi connectivity index (χ3n) is 4.42. The fourth-order valence-corrected chi connectivity index (χ4v) is 2.51. The number of allylic oxidation sites excluding steroid dienone is 5. The van der Waals surface area contributed by atoms with E-state index in [-0.39, 0.29) is 11.7 Å². The zero-order valence-corrected chi connectivity index (χ0v) is 15.7. The molecule has 1 nitrogen and oxygen atoms in total. The predicted octanol–water partition coefficient (Wildman–Crippen LogP) is 6.65. The summed E-state index contributed by atoms with van der Waals surface area (Å²) in [5.74, 6) is 0.505. The summed E-state index contributed by atoms with van der Waals surface area (Å²) in [4.78, 5) is 12.6. The van der Waals surface area contributed by atoms with Crippen molar-refractivity contribution >= 4 is 17.4 Å². The molecule has 2 heteroatoms. The number of ketones is 1. The number of hydrogen-bond acceptors (Lipinski definition) is 1. The van der Waals surface area contributed by atoms with Gasteiger partial charge in [-0.2, -0.15) is 0 Å². The molecule has 0 radical (unpaired) electrons. The highest BCUT2D eigenvalue weighted by molar-refractivity contribution is 6.30. The van der Waals surface area contributed by atoms with Crippen molar-refractivity contribution in [2.75, 3.05) is 0 Å². The maximum atomic E-state index is 12.6. The minimum atomic E-state index is 0.0467. The standard InChI is InChI=1S/C22H27ClO/c1-15(16(2)13-14-19(5)23)11-12-17(3)20(6)22(24)21-10-8-7-9-18(21)4/h7-10,13-15,17H,2,5-6,11-12H2,1,3-4H3/b14-13-/t15-,17-/m0/s1. The molecule has 1 aromatic rings. The second kappa shape index (κ2) is 9.44. The summed E-state index contributed by atoms with van der Waals surface area (Å²) in [5.41, 5.74) is 3.42. The number of carbonyl (C=O) groups excluding carboxylic acids is 1. The summed E-state index contributed by atoms with van der Waals surface area (Å²) in [6.07, 6.45) is 5.49. The van der Waals surface area contributed by atoms with Gasteiger partial charge in [0, 0.05) is 10.6 Å². The maximum Gasteiger partial charge on any atom is 0.188 e. The van der Waals surface area contributed by atoms with Crippen molar-refractivity contribution in [3.8, 4) is 0 Å². The van der Waals surface area contributed by atoms with Gasteiger partial charge in [0.25, 0.3) is 0 Å². The van der Waals surface area contributed by atoms with Gasteiger partial charge in [-0.1, -0.05) is 81.1 Å². The molecule has 0 heterocycles. The van der Waals surface area contributed by atoms with E-state index < -0.39 is 0 Å². The van der Waals surface area contributed by atoms with E-state index in [4.69, 9.17) is 11.6 Å². The lowest BCUT2D eigenvalue weighted by Crippen LogP contribution is -2.12. The van der Waals surface area contributed by atoms with E-state index in [1.807, 2.05) is 37.3 Å². The van der Waals surface area contributed by atoms with Gasteiger partial charge in [-0.05, 0) is 48.8 Å². The van der Waals surface area contributed by atoms with Crippen LogP contribution in [0.15, 0.2) is 72.3 Å². The van der Waals surface area contributed by atoms with Crippen LogP contribution in [0.5, 0.6) is 0 Å². The van der Waals surface area contributed by atoms with Gasteiger partial charge in [-0.3, -0.25) is 4.79 Å². The number of rotatable bonds is 9. The van der Waals surface area contributed by atoms with Crippen molar-refractivity contribution < 1.29 is 4.79 Å². The van der Waals surface area contributed by atoms with Crippen LogP contribution < -0.4 is 0 Å². The van der Waals surface area contributed by atoms with E-state index in [2.05, 4.69) is 33.6 Å². The van der Waals surface area contributed by atoms with Crippen molar-refractivity contribution in [1.82, 2.24) is 0 Å². The van der Waals surface area contributed by atoms with Gasteiger partial charge in [-0.15, -0.1) is 0 Å². The first kappa shape index (κ1) is 20.2. The Bertz CT molecular complexity index is 666. The van der Waals surface area contributed by atoms with Crippen molar-refractivity contribution in [3.63, 3.8) is 0 Å². The minimum Gasteiger partial charge on any atom is -0.289 e. The Morgan fingerprint density at radius 3 is 2.25 bits per heavy atom. The Morgan fingerprint density at radius 2 is 1.67 bits per heavy atom. The van der Waals surface area contributed by atoms with E-state index in [9.17, 15) is 4.79 Å². The molecule has 1 rings (SSSR count). The molecule has 0 spiro atoms. The van der Waals surface area contributed by atoms with Gasteiger partial charge < -0.3 is 0 Å². The smallest absolute Gasteiger partial charge is 0.188 e. The van der Waals surface area contributed by atoms with Gasteiger partial charge in [0.1, 0.15) is 0 Å². The average molecular weight is 343 g/mol. The maximum absolute atomic E-state index is 12.6. The van der Waals surface area contributed by atoms with E-state index in [1.165, 1.54) is 0 Å². The number of aryl methyl sites for hydroxylation is 1. The van der Waals surface area contributed by atoms with Gasteiger partial charge >= 0.3 is 0 Å². The number of hydrogen-bond donors (Lipinski definition) is 0. The summed E-state index contributed by atoms with van der Waals surface area (Å²) < 4.78 is 0. The van der Waals surface area contributed by atoms with E-state index >= 15 is 0 Å². The molecule has 0 amide bonds. The molecule has 0 aliphatic rings. The topological polar surface area (TPSA) is 17.1 Å². The number of Topliss-reactive ketones (excluding diaryl/α,β-unsaturated/α-hetero) is 1. The fraction of sp³-hybridized carbons (Fsp3) is 0.318. The molecule has 0 saturated carbocycles. The molecule has 0 fully saturated rings. The number of halogens is 1. The second-order valence-corrected chi connectivity index (χ2v) is 6.89. The molecular formula is C22H27ClO. The molecule has 0 N–H and O–H groups in total. The molecule has 2 atom stereocenters. The molecule has 24 heavy (non-hydrogen) atoms. The number of benzene rings is 1. The van der Waals surface area contributed by atoms with Crippen LogP contribution in [-0.2, 0) is 0 Å². The van der Waals surface area contributed by atoms with Crippen molar-refractivity contribution in [1.29, 1.82) is 0 Å². The predicted molar refractivity (Wildman–Crippen MR) is 105 cm³/mol.